The molecule has 0 N–H and O–H groups in total. The summed E-state index contributed by atoms with van der Waals surface area (Å²) in [5.74, 6) is 0.760. The molecule has 0 aliphatic heterocycles. The van der Waals surface area contributed by atoms with Crippen molar-refractivity contribution in [3.63, 3.8) is 0 Å². The number of hydrogen-bond donors (Lipinski definition) is 0. The van der Waals surface area contributed by atoms with Crippen LogP contribution < -0.4 is 14.5 Å². The maximum absolute atomic E-state index is 12.6. The first-order chi connectivity index (χ1) is 10.5. The molecule has 22 heavy (non-hydrogen) atoms. The van der Waals surface area contributed by atoms with Crippen LogP contribution in [0, 0.1) is 0 Å². The molecular formula is C15H17ClN4O2. The Labute approximate surface area is 134 Å². The Kier molecular flexibility index (Phi) is 4.82. The minimum Gasteiger partial charge on any atom is -0.480 e. The third-order valence-electron chi connectivity index (χ3n) is 3.10. The number of amides is 1. The van der Waals surface area contributed by atoms with Gasteiger partial charge in [-0.15, -0.1) is 0 Å². The lowest BCUT2D eigenvalue weighted by molar-refractivity contribution is 0.0992. The fourth-order valence-corrected chi connectivity index (χ4v) is 2.23. The smallest absolute Gasteiger partial charge is 0.259 e. The number of pyridine rings is 2. The summed E-state index contributed by atoms with van der Waals surface area (Å²) in [4.78, 5) is 24.3. The van der Waals surface area contributed by atoms with Crippen molar-refractivity contribution in [3.8, 4) is 5.88 Å². The largest absolute Gasteiger partial charge is 0.480 e. The number of hydrogen-bond acceptors (Lipinski definition) is 5. The summed E-state index contributed by atoms with van der Waals surface area (Å²) < 4.78 is 4.99. The molecule has 6 nitrogen and oxygen atoms in total. The summed E-state index contributed by atoms with van der Waals surface area (Å²) >= 11 is 6.03. The van der Waals surface area contributed by atoms with Gasteiger partial charge in [-0.2, -0.15) is 0 Å². The first-order valence-corrected chi connectivity index (χ1v) is 6.93. The van der Waals surface area contributed by atoms with Crippen LogP contribution in [0.25, 0.3) is 0 Å². The van der Waals surface area contributed by atoms with Gasteiger partial charge in [-0.05, 0) is 18.2 Å². The molecule has 2 aromatic heterocycles. The third-order valence-corrected chi connectivity index (χ3v) is 3.37. The molecule has 0 unspecified atom stereocenters. The molecule has 0 spiro atoms. The molecule has 0 saturated heterocycles. The second kappa shape index (κ2) is 6.62. The van der Waals surface area contributed by atoms with Gasteiger partial charge in [0.2, 0.25) is 5.88 Å². The summed E-state index contributed by atoms with van der Waals surface area (Å²) in [7, 11) is 6.90. The Bertz CT molecular complexity index is 691. The van der Waals surface area contributed by atoms with Gasteiger partial charge in [0.1, 0.15) is 5.02 Å². The van der Waals surface area contributed by atoms with E-state index in [1.807, 2.05) is 25.1 Å². The summed E-state index contributed by atoms with van der Waals surface area (Å²) in [6, 6.07) is 5.15. The highest BCUT2D eigenvalue weighted by atomic mass is 35.5. The molecule has 1 amide bonds. The second-order valence-corrected chi connectivity index (χ2v) is 5.23. The number of ether oxygens (including phenoxy) is 1. The van der Waals surface area contributed by atoms with Crippen LogP contribution in [0.2, 0.25) is 5.02 Å². The number of halogens is 1. The van der Waals surface area contributed by atoms with Crippen molar-refractivity contribution in [2.24, 2.45) is 0 Å². The molecule has 0 bridgehead atoms. The van der Waals surface area contributed by atoms with Gasteiger partial charge in [0.05, 0.1) is 18.4 Å². The van der Waals surface area contributed by atoms with Gasteiger partial charge in [-0.25, -0.2) is 9.97 Å². The molecule has 0 saturated carbocycles. The van der Waals surface area contributed by atoms with Gasteiger partial charge < -0.3 is 14.5 Å². The van der Waals surface area contributed by atoms with E-state index in [4.69, 9.17) is 16.3 Å². The van der Waals surface area contributed by atoms with Crippen LogP contribution in [0.5, 0.6) is 5.88 Å². The molecule has 7 heteroatoms. The highest BCUT2D eigenvalue weighted by Crippen LogP contribution is 2.27. The molecule has 2 aromatic rings. The maximum Gasteiger partial charge on any atom is 0.259 e. The zero-order valence-electron chi connectivity index (χ0n) is 12.9. The molecule has 2 heterocycles. The Morgan fingerprint density at radius 1 is 1.27 bits per heavy atom. The van der Waals surface area contributed by atoms with Crippen LogP contribution in [-0.4, -0.2) is 44.1 Å². The Hall–Kier alpha value is -2.34. The maximum atomic E-state index is 12.6. The number of nitrogens with zero attached hydrogens (tertiary/aromatic N) is 4. The van der Waals surface area contributed by atoms with E-state index in [9.17, 15) is 4.79 Å². The van der Waals surface area contributed by atoms with Crippen LogP contribution in [0.15, 0.2) is 30.6 Å². The van der Waals surface area contributed by atoms with Crippen LogP contribution in [0.1, 0.15) is 10.4 Å². The molecule has 0 aliphatic carbocycles. The molecule has 0 aromatic carbocycles. The molecule has 0 aliphatic rings. The summed E-state index contributed by atoms with van der Waals surface area (Å²) in [6.07, 6.45) is 3.12. The summed E-state index contributed by atoms with van der Waals surface area (Å²) in [5.41, 5.74) is 1.08. The van der Waals surface area contributed by atoms with Crippen molar-refractivity contribution in [1.82, 2.24) is 9.97 Å². The number of carbonyl (C=O) groups is 1. The molecule has 0 atom stereocenters. The molecule has 0 radical (unpaired) electrons. The number of rotatable bonds is 4. The predicted octanol–water partition coefficient (Wildman–Crippen LogP) is 2.48. The van der Waals surface area contributed by atoms with E-state index < -0.39 is 0 Å². The zero-order chi connectivity index (χ0) is 16.3. The standard InChI is InChI=1S/C15H17ClN4O2/c1-19(2)13-12(6-5-7-17-13)20(3)15(21)10-8-11(16)14(22-4)18-9-10/h5-9H,1-4H3. The van der Waals surface area contributed by atoms with E-state index in [2.05, 4.69) is 9.97 Å². The van der Waals surface area contributed by atoms with E-state index >= 15 is 0 Å². The van der Waals surface area contributed by atoms with Gasteiger partial charge in [-0.1, -0.05) is 11.6 Å². The molecule has 0 fully saturated rings. The number of methoxy groups -OCH3 is 1. The number of anilines is 2. The van der Waals surface area contributed by atoms with E-state index in [1.54, 1.807) is 19.3 Å². The zero-order valence-corrected chi connectivity index (χ0v) is 13.6. The van der Waals surface area contributed by atoms with Gasteiger partial charge in [0, 0.05) is 33.5 Å². The lowest BCUT2D eigenvalue weighted by Gasteiger charge is -2.23. The average Bonchev–Trinajstić information content (AvgIpc) is 2.53. The predicted molar refractivity (Wildman–Crippen MR) is 87.1 cm³/mol. The first-order valence-electron chi connectivity index (χ1n) is 6.55. The second-order valence-electron chi connectivity index (χ2n) is 4.82. The first kappa shape index (κ1) is 16.0. The van der Waals surface area contributed by atoms with Crippen LogP contribution in [0.4, 0.5) is 11.5 Å². The fraction of sp³-hybridized carbons (Fsp3) is 0.267. The Balaban J connectivity index is 2.35. The van der Waals surface area contributed by atoms with Crippen LogP contribution in [-0.2, 0) is 0 Å². The quantitative estimate of drug-likeness (QED) is 0.866. The van der Waals surface area contributed by atoms with Gasteiger partial charge >= 0.3 is 0 Å². The lowest BCUT2D eigenvalue weighted by Crippen LogP contribution is -2.28. The van der Waals surface area contributed by atoms with Gasteiger partial charge in [-0.3, -0.25) is 4.79 Å². The topological polar surface area (TPSA) is 58.6 Å². The lowest BCUT2D eigenvalue weighted by atomic mass is 10.2. The normalized spacial score (nSPS) is 10.2. The molecule has 2 rings (SSSR count). The van der Waals surface area contributed by atoms with Crippen molar-refractivity contribution in [2.45, 2.75) is 0 Å². The van der Waals surface area contributed by atoms with E-state index in [0.29, 0.717) is 22.1 Å². The van der Waals surface area contributed by atoms with E-state index in [-0.39, 0.29) is 11.8 Å². The Morgan fingerprint density at radius 2 is 2.00 bits per heavy atom. The highest BCUT2D eigenvalue weighted by molar-refractivity contribution is 6.32. The van der Waals surface area contributed by atoms with E-state index in [1.165, 1.54) is 24.3 Å². The van der Waals surface area contributed by atoms with Crippen molar-refractivity contribution < 1.29 is 9.53 Å². The van der Waals surface area contributed by atoms with Crippen molar-refractivity contribution in [1.29, 1.82) is 0 Å². The summed E-state index contributed by atoms with van der Waals surface area (Å²) in [6.45, 7) is 0. The number of aromatic nitrogens is 2. The van der Waals surface area contributed by atoms with Crippen molar-refractivity contribution in [2.75, 3.05) is 38.1 Å². The highest BCUT2D eigenvalue weighted by Gasteiger charge is 2.19. The SMILES string of the molecule is COc1ncc(C(=O)N(C)c2cccnc2N(C)C)cc1Cl. The minimum atomic E-state index is -0.229. The van der Waals surface area contributed by atoms with Gasteiger partial charge in [0.15, 0.2) is 5.82 Å². The van der Waals surface area contributed by atoms with Crippen LogP contribution >= 0.6 is 11.6 Å². The van der Waals surface area contributed by atoms with Crippen molar-refractivity contribution >= 4 is 29.0 Å². The molecular weight excluding hydrogens is 304 g/mol. The van der Waals surface area contributed by atoms with Crippen molar-refractivity contribution in [3.05, 3.63) is 41.2 Å². The van der Waals surface area contributed by atoms with Crippen LogP contribution in [0.3, 0.4) is 0 Å². The monoisotopic (exact) mass is 320 g/mol. The fourth-order valence-electron chi connectivity index (χ4n) is 1.99. The van der Waals surface area contributed by atoms with E-state index in [0.717, 1.165) is 0 Å². The number of carbonyl (C=O) groups excluding carboxylic acids is 1. The Morgan fingerprint density at radius 3 is 2.59 bits per heavy atom. The summed E-state index contributed by atoms with van der Waals surface area (Å²) in [5, 5.41) is 0.292. The third kappa shape index (κ3) is 3.12. The molecule has 116 valence electrons. The van der Waals surface area contributed by atoms with Gasteiger partial charge in [0.25, 0.3) is 5.91 Å². The average molecular weight is 321 g/mol. The minimum absolute atomic E-state index is 0.229.